The fraction of sp³-hybridized carbons (Fsp3) is 0.923. The number of amidine groups is 1. The van der Waals surface area contributed by atoms with Crippen LogP contribution < -0.4 is 5.32 Å². The summed E-state index contributed by atoms with van der Waals surface area (Å²) in [6.45, 7) is 15.7. The minimum absolute atomic E-state index is 0.329. The monoisotopic (exact) mass is 242 g/mol. The Balaban J connectivity index is 2.43. The molecular formula is C13H26N2S. The molecule has 1 rings (SSSR count). The molecule has 0 spiro atoms. The molecule has 0 aromatic carbocycles. The lowest BCUT2D eigenvalue weighted by Crippen LogP contribution is -2.38. The zero-order valence-corrected chi connectivity index (χ0v) is 12.4. The minimum Gasteiger partial charge on any atom is -0.364 e. The van der Waals surface area contributed by atoms with Gasteiger partial charge in [-0.05, 0) is 16.7 Å². The Morgan fingerprint density at radius 2 is 2.06 bits per heavy atom. The van der Waals surface area contributed by atoms with Crippen LogP contribution >= 0.6 is 11.8 Å². The molecule has 0 aliphatic carbocycles. The van der Waals surface area contributed by atoms with E-state index < -0.39 is 0 Å². The third kappa shape index (κ3) is 4.00. The molecule has 1 aliphatic rings. The summed E-state index contributed by atoms with van der Waals surface area (Å²) in [5.41, 5.74) is 0.694. The van der Waals surface area contributed by atoms with Gasteiger partial charge in [0, 0.05) is 18.8 Å². The second-order valence-electron chi connectivity index (χ2n) is 6.57. The third-order valence-electron chi connectivity index (χ3n) is 3.51. The van der Waals surface area contributed by atoms with Gasteiger partial charge in [0.25, 0.3) is 0 Å². The van der Waals surface area contributed by atoms with Crippen molar-refractivity contribution in [2.24, 2.45) is 21.7 Å². The van der Waals surface area contributed by atoms with Gasteiger partial charge in [-0.1, -0.05) is 53.3 Å². The average molecular weight is 242 g/mol. The summed E-state index contributed by atoms with van der Waals surface area (Å²) in [7, 11) is 0. The van der Waals surface area contributed by atoms with Crippen molar-refractivity contribution in [3.8, 4) is 0 Å². The first kappa shape index (κ1) is 13.9. The zero-order valence-electron chi connectivity index (χ0n) is 11.6. The Morgan fingerprint density at radius 1 is 1.44 bits per heavy atom. The summed E-state index contributed by atoms with van der Waals surface area (Å²) in [5.74, 6) is 1.85. The first-order chi connectivity index (χ1) is 7.23. The predicted molar refractivity (Wildman–Crippen MR) is 75.2 cm³/mol. The maximum absolute atomic E-state index is 4.61. The SMILES string of the molecule is CC(C)C(C)(C)CNC1=NCC(C)(C)CS1. The van der Waals surface area contributed by atoms with Gasteiger partial charge in [-0.3, -0.25) is 4.99 Å². The molecule has 0 saturated heterocycles. The molecule has 16 heavy (non-hydrogen) atoms. The highest BCUT2D eigenvalue weighted by molar-refractivity contribution is 8.13. The highest BCUT2D eigenvalue weighted by atomic mass is 32.2. The lowest BCUT2D eigenvalue weighted by Gasteiger charge is -2.32. The zero-order chi connectivity index (χ0) is 12.4. The minimum atomic E-state index is 0.329. The first-order valence-electron chi connectivity index (χ1n) is 6.14. The van der Waals surface area contributed by atoms with Crippen molar-refractivity contribution >= 4 is 16.9 Å². The number of aliphatic imine (C=N–C) groups is 1. The molecule has 1 aliphatic heterocycles. The molecule has 0 amide bonds. The van der Waals surface area contributed by atoms with Crippen molar-refractivity contribution in [1.29, 1.82) is 0 Å². The molecule has 0 radical (unpaired) electrons. The molecule has 0 fully saturated rings. The quantitative estimate of drug-likeness (QED) is 0.820. The Morgan fingerprint density at radius 3 is 2.50 bits per heavy atom. The normalized spacial score (nSPS) is 20.8. The van der Waals surface area contributed by atoms with E-state index in [-0.39, 0.29) is 0 Å². The maximum atomic E-state index is 4.61. The lowest BCUT2D eigenvalue weighted by atomic mass is 9.81. The van der Waals surface area contributed by atoms with E-state index in [4.69, 9.17) is 0 Å². The fourth-order valence-electron chi connectivity index (χ4n) is 1.26. The van der Waals surface area contributed by atoms with Crippen LogP contribution in [0.5, 0.6) is 0 Å². The topological polar surface area (TPSA) is 24.4 Å². The van der Waals surface area contributed by atoms with E-state index in [0.29, 0.717) is 16.7 Å². The van der Waals surface area contributed by atoms with Gasteiger partial charge in [0.15, 0.2) is 5.17 Å². The largest absolute Gasteiger partial charge is 0.364 e. The van der Waals surface area contributed by atoms with Gasteiger partial charge in [-0.25, -0.2) is 0 Å². The van der Waals surface area contributed by atoms with Crippen LogP contribution in [0.15, 0.2) is 4.99 Å². The molecule has 94 valence electrons. The smallest absolute Gasteiger partial charge is 0.156 e. The van der Waals surface area contributed by atoms with Crippen LogP contribution in [0.1, 0.15) is 41.5 Å². The Kier molecular flexibility index (Phi) is 4.33. The summed E-state index contributed by atoms with van der Waals surface area (Å²) in [6, 6.07) is 0. The standard InChI is InChI=1S/C13H26N2S/c1-10(2)13(5,6)8-15-11-14-7-12(3,4)9-16-11/h10H,7-9H2,1-6H3,(H,14,15). The van der Waals surface area contributed by atoms with Crippen molar-refractivity contribution in [2.45, 2.75) is 41.5 Å². The van der Waals surface area contributed by atoms with Crippen LogP contribution in [0, 0.1) is 16.7 Å². The molecule has 0 aromatic rings. The van der Waals surface area contributed by atoms with Crippen LogP contribution in [0.3, 0.4) is 0 Å². The van der Waals surface area contributed by atoms with Gasteiger partial charge in [0.05, 0.1) is 0 Å². The van der Waals surface area contributed by atoms with Crippen molar-refractivity contribution in [1.82, 2.24) is 5.32 Å². The summed E-state index contributed by atoms with van der Waals surface area (Å²) >= 11 is 1.86. The number of hydrogen-bond acceptors (Lipinski definition) is 3. The Hall–Kier alpha value is -0.180. The van der Waals surface area contributed by atoms with Crippen LogP contribution in [0.4, 0.5) is 0 Å². The van der Waals surface area contributed by atoms with E-state index in [1.807, 2.05) is 11.8 Å². The lowest BCUT2D eigenvalue weighted by molar-refractivity contribution is 0.251. The van der Waals surface area contributed by atoms with Crippen LogP contribution in [-0.4, -0.2) is 24.0 Å². The van der Waals surface area contributed by atoms with Crippen LogP contribution in [0.25, 0.3) is 0 Å². The molecular weight excluding hydrogens is 216 g/mol. The summed E-state index contributed by atoms with van der Waals surface area (Å²) < 4.78 is 0. The van der Waals surface area contributed by atoms with Gasteiger partial charge >= 0.3 is 0 Å². The molecule has 0 aromatic heterocycles. The third-order valence-corrected chi connectivity index (χ3v) is 4.98. The van der Waals surface area contributed by atoms with Gasteiger partial charge in [0.1, 0.15) is 0 Å². The Labute approximate surface area is 105 Å². The molecule has 2 nitrogen and oxygen atoms in total. The number of hydrogen-bond donors (Lipinski definition) is 1. The van der Waals surface area contributed by atoms with E-state index in [0.717, 1.165) is 18.3 Å². The van der Waals surface area contributed by atoms with Gasteiger partial charge in [0.2, 0.25) is 0 Å². The highest BCUT2D eigenvalue weighted by Gasteiger charge is 2.26. The van der Waals surface area contributed by atoms with Crippen molar-refractivity contribution in [3.63, 3.8) is 0 Å². The van der Waals surface area contributed by atoms with Gasteiger partial charge in [-0.15, -0.1) is 0 Å². The van der Waals surface area contributed by atoms with Crippen LogP contribution in [0.2, 0.25) is 0 Å². The number of rotatable bonds is 3. The van der Waals surface area contributed by atoms with Gasteiger partial charge in [-0.2, -0.15) is 0 Å². The molecule has 1 N–H and O–H groups in total. The summed E-state index contributed by atoms with van der Waals surface area (Å²) in [5, 5.41) is 4.63. The summed E-state index contributed by atoms with van der Waals surface area (Å²) in [4.78, 5) is 4.61. The first-order valence-corrected chi connectivity index (χ1v) is 7.13. The molecule has 0 unspecified atom stereocenters. The second kappa shape index (κ2) is 4.99. The molecule has 1 heterocycles. The summed E-state index contributed by atoms with van der Waals surface area (Å²) in [6.07, 6.45) is 0. The number of nitrogens with one attached hydrogen (secondary N) is 1. The number of nitrogens with zero attached hydrogens (tertiary/aromatic N) is 1. The van der Waals surface area contributed by atoms with Crippen LogP contribution in [-0.2, 0) is 0 Å². The van der Waals surface area contributed by atoms with E-state index in [9.17, 15) is 0 Å². The second-order valence-corrected chi connectivity index (χ2v) is 7.54. The molecule has 3 heteroatoms. The Bertz CT molecular complexity index is 267. The molecule has 0 saturated carbocycles. The molecule has 0 atom stereocenters. The maximum Gasteiger partial charge on any atom is 0.156 e. The van der Waals surface area contributed by atoms with E-state index in [1.165, 1.54) is 5.75 Å². The molecule has 0 bridgehead atoms. The van der Waals surface area contributed by atoms with Crippen molar-refractivity contribution in [3.05, 3.63) is 0 Å². The van der Waals surface area contributed by atoms with E-state index in [2.05, 4.69) is 51.9 Å². The highest BCUT2D eigenvalue weighted by Crippen LogP contribution is 2.28. The van der Waals surface area contributed by atoms with Gasteiger partial charge < -0.3 is 5.32 Å². The van der Waals surface area contributed by atoms with E-state index >= 15 is 0 Å². The fourth-order valence-corrected chi connectivity index (χ4v) is 2.20. The average Bonchev–Trinajstić information content (AvgIpc) is 2.16. The number of thioether (sulfide) groups is 1. The van der Waals surface area contributed by atoms with E-state index in [1.54, 1.807) is 0 Å². The van der Waals surface area contributed by atoms with Crippen molar-refractivity contribution < 1.29 is 0 Å². The van der Waals surface area contributed by atoms with Crippen molar-refractivity contribution in [2.75, 3.05) is 18.8 Å². The predicted octanol–water partition coefficient (Wildman–Crippen LogP) is 3.39.